The summed E-state index contributed by atoms with van der Waals surface area (Å²) in [4.78, 5) is 55.2. The van der Waals surface area contributed by atoms with Crippen molar-refractivity contribution in [3.05, 3.63) is 58.3 Å². The Balaban J connectivity index is 1.57. The molecule has 35 heavy (non-hydrogen) atoms. The molecule has 0 radical (unpaired) electrons. The van der Waals surface area contributed by atoms with Crippen LogP contribution >= 0.6 is 11.3 Å². The minimum absolute atomic E-state index is 0.00486. The Morgan fingerprint density at radius 3 is 2.60 bits per heavy atom. The van der Waals surface area contributed by atoms with E-state index in [0.29, 0.717) is 19.5 Å². The van der Waals surface area contributed by atoms with E-state index in [4.69, 9.17) is 0 Å². The second-order valence-corrected chi connectivity index (χ2v) is 9.68. The maximum Gasteiger partial charge on any atom is 0.334 e. The molecule has 2 aliphatic rings. The van der Waals surface area contributed by atoms with Crippen LogP contribution in [-0.4, -0.2) is 87.6 Å². The highest BCUT2D eigenvalue weighted by Gasteiger charge is 2.50. The quantitative estimate of drug-likeness (QED) is 0.570. The summed E-state index contributed by atoms with van der Waals surface area (Å²) in [6.45, 7) is 0.808. The fraction of sp³-hybridized carbons (Fsp3) is 0.417. The van der Waals surface area contributed by atoms with Crippen molar-refractivity contribution in [1.82, 2.24) is 25.1 Å². The van der Waals surface area contributed by atoms with Crippen LogP contribution < -0.4 is 5.32 Å². The summed E-state index contributed by atoms with van der Waals surface area (Å²) in [7, 11) is 1.66. The maximum absolute atomic E-state index is 13.4. The molecule has 186 valence electrons. The van der Waals surface area contributed by atoms with Crippen LogP contribution in [0.15, 0.2) is 47.8 Å². The highest BCUT2D eigenvalue weighted by molar-refractivity contribution is 7.09. The Labute approximate surface area is 207 Å². The molecule has 2 fully saturated rings. The van der Waals surface area contributed by atoms with Crippen LogP contribution in [0.3, 0.4) is 0 Å². The van der Waals surface area contributed by atoms with Crippen molar-refractivity contribution in [2.45, 2.75) is 38.0 Å². The number of carboxylic acids is 1. The number of nitrogens with one attached hydrogen (secondary N) is 1. The number of amides is 4. The van der Waals surface area contributed by atoms with Gasteiger partial charge in [-0.3, -0.25) is 14.4 Å². The molecule has 4 rings (SSSR count). The molecular weight excluding hydrogens is 470 g/mol. The van der Waals surface area contributed by atoms with Gasteiger partial charge in [0.1, 0.15) is 12.2 Å². The van der Waals surface area contributed by atoms with Gasteiger partial charge in [-0.25, -0.2) is 14.8 Å². The molecule has 0 bridgehead atoms. The van der Waals surface area contributed by atoms with Gasteiger partial charge in [0, 0.05) is 31.4 Å². The smallest absolute Gasteiger partial charge is 0.334 e. The van der Waals surface area contributed by atoms with Gasteiger partial charge in [-0.15, -0.1) is 11.3 Å². The normalized spacial score (nSPS) is 20.7. The van der Waals surface area contributed by atoms with E-state index in [9.17, 15) is 24.3 Å². The van der Waals surface area contributed by atoms with Crippen LogP contribution in [0.4, 0.5) is 4.79 Å². The van der Waals surface area contributed by atoms with Crippen molar-refractivity contribution in [3.8, 4) is 0 Å². The van der Waals surface area contributed by atoms with E-state index in [1.54, 1.807) is 28.3 Å². The number of aliphatic carboxylic acids is 1. The van der Waals surface area contributed by atoms with Gasteiger partial charge < -0.3 is 20.2 Å². The highest BCUT2D eigenvalue weighted by Crippen LogP contribution is 2.28. The molecule has 0 saturated carbocycles. The van der Waals surface area contributed by atoms with Gasteiger partial charge in [-0.05, 0) is 29.9 Å². The number of carboxylic acid groups (broad SMARTS) is 1. The van der Waals surface area contributed by atoms with Crippen molar-refractivity contribution in [2.75, 3.05) is 26.7 Å². The van der Waals surface area contributed by atoms with E-state index < -0.39 is 18.2 Å². The molecule has 2 aromatic rings. The molecule has 1 unspecified atom stereocenters. The Kier molecular flexibility index (Phi) is 7.67. The number of thiophene rings is 1. The number of carbonyl (C=O) groups is 4. The summed E-state index contributed by atoms with van der Waals surface area (Å²) in [5, 5.41) is 17.1. The first kappa shape index (κ1) is 24.7. The molecule has 2 atom stereocenters. The third-order valence-electron chi connectivity index (χ3n) is 6.27. The molecule has 3 heterocycles. The van der Waals surface area contributed by atoms with Crippen LogP contribution in [0.1, 0.15) is 23.3 Å². The standard InChI is InChI=1S/C24H29N5O5S/c1-26-16-21(30)28-19(9-10-22(31)32)23(33)27(12-11-18-8-5-13-35-18)15-20(28)29(26)24(34)25-14-17-6-3-2-4-7-17/h2-8,13,19-20H,9-12,14-16H2,1H3,(H,25,34)(H,31,32)/t19?,20-/m0/s1. The van der Waals surface area contributed by atoms with Gasteiger partial charge >= 0.3 is 12.0 Å². The van der Waals surface area contributed by atoms with Crippen molar-refractivity contribution >= 4 is 35.2 Å². The van der Waals surface area contributed by atoms with Gasteiger partial charge in [0.15, 0.2) is 0 Å². The summed E-state index contributed by atoms with van der Waals surface area (Å²) < 4.78 is 0. The van der Waals surface area contributed by atoms with E-state index in [1.807, 2.05) is 47.8 Å². The predicted octanol–water partition coefficient (Wildman–Crippen LogP) is 1.59. The average Bonchev–Trinajstić information content (AvgIpc) is 3.35. The number of carbonyl (C=O) groups excluding carboxylic acids is 3. The zero-order valence-corrected chi connectivity index (χ0v) is 20.3. The van der Waals surface area contributed by atoms with Crippen LogP contribution in [0.25, 0.3) is 0 Å². The molecule has 10 nitrogen and oxygen atoms in total. The number of fused-ring (bicyclic) bond motifs is 1. The number of nitrogens with zero attached hydrogens (tertiary/aromatic N) is 4. The Hall–Kier alpha value is -3.44. The lowest BCUT2D eigenvalue weighted by molar-refractivity contribution is -0.187. The summed E-state index contributed by atoms with van der Waals surface area (Å²) in [5.41, 5.74) is 0.934. The average molecular weight is 500 g/mol. The molecule has 2 N–H and O–H groups in total. The van der Waals surface area contributed by atoms with Gasteiger partial charge in [0.25, 0.3) is 0 Å². The topological polar surface area (TPSA) is 114 Å². The van der Waals surface area contributed by atoms with Crippen LogP contribution in [0.5, 0.6) is 0 Å². The zero-order chi connectivity index (χ0) is 24.9. The Morgan fingerprint density at radius 1 is 1.14 bits per heavy atom. The van der Waals surface area contributed by atoms with Crippen molar-refractivity contribution in [3.63, 3.8) is 0 Å². The van der Waals surface area contributed by atoms with Crippen molar-refractivity contribution in [2.24, 2.45) is 0 Å². The summed E-state index contributed by atoms with van der Waals surface area (Å²) in [6.07, 6.45) is -0.334. The first-order valence-electron chi connectivity index (χ1n) is 11.5. The monoisotopic (exact) mass is 499 g/mol. The van der Waals surface area contributed by atoms with E-state index >= 15 is 0 Å². The van der Waals surface area contributed by atoms with Crippen molar-refractivity contribution < 1.29 is 24.3 Å². The van der Waals surface area contributed by atoms with Crippen LogP contribution in [0.2, 0.25) is 0 Å². The number of hydrazine groups is 1. The lowest BCUT2D eigenvalue weighted by Crippen LogP contribution is -2.76. The number of urea groups is 1. The van der Waals surface area contributed by atoms with Crippen molar-refractivity contribution in [1.29, 1.82) is 0 Å². The third kappa shape index (κ3) is 5.63. The first-order valence-corrected chi connectivity index (χ1v) is 12.4. The van der Waals surface area contributed by atoms with Crippen LogP contribution in [-0.2, 0) is 27.3 Å². The third-order valence-corrected chi connectivity index (χ3v) is 7.21. The molecular formula is C24H29N5O5S. The Bertz CT molecular complexity index is 1060. The largest absolute Gasteiger partial charge is 0.481 e. The minimum Gasteiger partial charge on any atom is -0.481 e. The van der Waals surface area contributed by atoms with Gasteiger partial charge in [-0.2, -0.15) is 0 Å². The number of hydrogen-bond donors (Lipinski definition) is 2. The lowest BCUT2D eigenvalue weighted by Gasteiger charge is -2.54. The van der Waals surface area contributed by atoms with E-state index in [1.165, 1.54) is 9.91 Å². The molecule has 0 aliphatic carbocycles. The molecule has 1 aromatic carbocycles. The lowest BCUT2D eigenvalue weighted by atomic mass is 10.0. The van der Waals surface area contributed by atoms with E-state index in [0.717, 1.165) is 10.4 Å². The predicted molar refractivity (Wildman–Crippen MR) is 129 cm³/mol. The second-order valence-electron chi connectivity index (χ2n) is 8.65. The molecule has 2 saturated heterocycles. The number of rotatable bonds is 8. The molecule has 1 aromatic heterocycles. The molecule has 11 heteroatoms. The summed E-state index contributed by atoms with van der Waals surface area (Å²) in [6, 6.07) is 12.1. The minimum atomic E-state index is -1.04. The summed E-state index contributed by atoms with van der Waals surface area (Å²) >= 11 is 1.60. The number of likely N-dealkylation sites (N-methyl/N-ethyl adjacent to an activating group) is 1. The first-order chi connectivity index (χ1) is 16.8. The van der Waals surface area contributed by atoms with E-state index in [2.05, 4.69) is 5.32 Å². The zero-order valence-electron chi connectivity index (χ0n) is 19.5. The number of benzene rings is 1. The number of hydrogen-bond acceptors (Lipinski definition) is 6. The van der Waals surface area contributed by atoms with Crippen LogP contribution in [0, 0.1) is 0 Å². The SMILES string of the molecule is CN1CC(=O)N2C(CCC(=O)O)C(=O)N(CCc3cccs3)C[C@@H]2N1C(=O)NCc1ccccc1. The van der Waals surface area contributed by atoms with E-state index in [-0.39, 0.29) is 43.8 Å². The Morgan fingerprint density at radius 2 is 1.91 bits per heavy atom. The molecule has 2 aliphatic heterocycles. The summed E-state index contributed by atoms with van der Waals surface area (Å²) in [5.74, 6) is -1.61. The highest BCUT2D eigenvalue weighted by atomic mass is 32.1. The van der Waals surface area contributed by atoms with Gasteiger partial charge in [0.2, 0.25) is 11.8 Å². The van der Waals surface area contributed by atoms with Gasteiger partial charge in [0.05, 0.1) is 13.1 Å². The fourth-order valence-electron chi connectivity index (χ4n) is 4.60. The number of piperazine rings is 1. The molecule has 4 amide bonds. The second kappa shape index (κ2) is 10.9. The maximum atomic E-state index is 13.4. The fourth-order valence-corrected chi connectivity index (χ4v) is 5.30. The molecule has 0 spiro atoms. The van der Waals surface area contributed by atoms with Gasteiger partial charge in [-0.1, -0.05) is 36.4 Å².